The highest BCUT2D eigenvalue weighted by molar-refractivity contribution is 9.10. The minimum atomic E-state index is -1.03. The first-order chi connectivity index (χ1) is 12.0. The van der Waals surface area contributed by atoms with Crippen molar-refractivity contribution in [2.75, 3.05) is 11.9 Å². The molecule has 2 aromatic rings. The second-order valence-electron chi connectivity index (χ2n) is 4.75. The number of hydrazone groups is 1. The molecule has 0 bridgehead atoms. The molecule has 0 aliphatic heterocycles. The molecule has 0 saturated carbocycles. The molecule has 6 nitrogen and oxygen atoms in total. The monoisotopic (exact) mass is 407 g/mol. The van der Waals surface area contributed by atoms with Crippen LogP contribution in [0.25, 0.3) is 0 Å². The number of carbonyl (C=O) groups excluding carboxylic acids is 2. The Morgan fingerprint density at radius 1 is 1.24 bits per heavy atom. The van der Waals surface area contributed by atoms with E-state index < -0.39 is 17.6 Å². The number of carbonyl (C=O) groups is 2. The van der Waals surface area contributed by atoms with E-state index in [1.165, 1.54) is 30.5 Å². The molecule has 0 saturated heterocycles. The molecule has 0 spiro atoms. The molecule has 0 aromatic heterocycles. The molecular weight excluding hydrogens is 393 g/mol. The smallest absolute Gasteiger partial charge is 0.329 e. The van der Waals surface area contributed by atoms with Gasteiger partial charge < -0.3 is 10.1 Å². The number of amides is 2. The zero-order valence-electron chi connectivity index (χ0n) is 13.3. The highest BCUT2D eigenvalue weighted by Gasteiger charge is 2.14. The number of rotatable bonds is 5. The average Bonchev–Trinajstić information content (AvgIpc) is 2.59. The second kappa shape index (κ2) is 8.93. The van der Waals surface area contributed by atoms with Gasteiger partial charge in [0.25, 0.3) is 0 Å². The van der Waals surface area contributed by atoms with Crippen LogP contribution in [-0.2, 0) is 9.59 Å². The largest absolute Gasteiger partial charge is 0.493 e. The van der Waals surface area contributed by atoms with Crippen LogP contribution in [0.2, 0.25) is 0 Å². The Kier molecular flexibility index (Phi) is 6.64. The molecule has 8 heteroatoms. The predicted octanol–water partition coefficient (Wildman–Crippen LogP) is 3.08. The number of hydrogen-bond donors (Lipinski definition) is 2. The molecule has 130 valence electrons. The fraction of sp³-hybridized carbons (Fsp3) is 0.118. The molecule has 0 unspecified atom stereocenters. The van der Waals surface area contributed by atoms with Crippen LogP contribution in [0, 0.1) is 5.82 Å². The van der Waals surface area contributed by atoms with Gasteiger partial charge in [-0.25, -0.2) is 9.82 Å². The van der Waals surface area contributed by atoms with Crippen molar-refractivity contribution in [3.05, 3.63) is 58.3 Å². The van der Waals surface area contributed by atoms with Crippen molar-refractivity contribution < 1.29 is 18.7 Å². The predicted molar refractivity (Wildman–Crippen MR) is 96.1 cm³/mol. The number of benzene rings is 2. The summed E-state index contributed by atoms with van der Waals surface area (Å²) in [6, 6.07) is 10.8. The summed E-state index contributed by atoms with van der Waals surface area (Å²) in [7, 11) is 0. The number of para-hydroxylation sites is 1. The van der Waals surface area contributed by atoms with Gasteiger partial charge in [0.1, 0.15) is 11.6 Å². The van der Waals surface area contributed by atoms with Crippen LogP contribution >= 0.6 is 15.9 Å². The van der Waals surface area contributed by atoms with Crippen LogP contribution in [0.1, 0.15) is 12.5 Å². The number of nitrogens with zero attached hydrogens (tertiary/aromatic N) is 1. The maximum atomic E-state index is 13.4. The van der Waals surface area contributed by atoms with E-state index in [0.29, 0.717) is 17.9 Å². The molecule has 0 radical (unpaired) electrons. The highest BCUT2D eigenvalue weighted by atomic mass is 79.9. The van der Waals surface area contributed by atoms with E-state index in [0.717, 1.165) is 4.47 Å². The third-order valence-electron chi connectivity index (χ3n) is 2.97. The van der Waals surface area contributed by atoms with E-state index in [1.807, 2.05) is 13.0 Å². The number of halogens is 2. The first kappa shape index (κ1) is 18.6. The third-order valence-corrected chi connectivity index (χ3v) is 3.46. The molecule has 25 heavy (non-hydrogen) atoms. The molecule has 0 fully saturated rings. The Balaban J connectivity index is 1.99. The van der Waals surface area contributed by atoms with Crippen molar-refractivity contribution in [1.29, 1.82) is 0 Å². The van der Waals surface area contributed by atoms with Gasteiger partial charge in [-0.05, 0) is 37.3 Å². The van der Waals surface area contributed by atoms with Crippen molar-refractivity contribution in [3.63, 3.8) is 0 Å². The Bertz CT molecular complexity index is 811. The Morgan fingerprint density at radius 3 is 2.72 bits per heavy atom. The lowest BCUT2D eigenvalue weighted by atomic mass is 10.2. The van der Waals surface area contributed by atoms with Crippen LogP contribution in [0.4, 0.5) is 10.1 Å². The van der Waals surface area contributed by atoms with Crippen molar-refractivity contribution in [3.8, 4) is 5.75 Å². The summed E-state index contributed by atoms with van der Waals surface area (Å²) in [6.07, 6.45) is 1.35. The number of ether oxygens (including phenoxy) is 1. The quantitative estimate of drug-likeness (QED) is 0.454. The fourth-order valence-electron chi connectivity index (χ4n) is 1.86. The van der Waals surface area contributed by atoms with Crippen LogP contribution in [0.3, 0.4) is 0 Å². The Hall–Kier alpha value is -2.74. The van der Waals surface area contributed by atoms with Crippen LogP contribution in [-0.4, -0.2) is 24.6 Å². The van der Waals surface area contributed by atoms with Crippen LogP contribution in [0.15, 0.2) is 52.0 Å². The minimum Gasteiger partial charge on any atom is -0.493 e. The van der Waals surface area contributed by atoms with E-state index in [4.69, 9.17) is 4.74 Å². The van der Waals surface area contributed by atoms with Crippen molar-refractivity contribution in [2.45, 2.75) is 6.92 Å². The van der Waals surface area contributed by atoms with Gasteiger partial charge in [0.2, 0.25) is 0 Å². The lowest BCUT2D eigenvalue weighted by Gasteiger charge is -2.07. The molecule has 2 amide bonds. The summed E-state index contributed by atoms with van der Waals surface area (Å²) in [4.78, 5) is 23.5. The standard InChI is InChI=1S/C17H15BrFN3O3/c1-2-25-15-8-7-12(18)9-11(15)10-20-22-17(24)16(23)21-14-6-4-3-5-13(14)19/h3-10H,2H2,1H3,(H,21,23)(H,22,24)/b20-10-. The molecule has 0 aliphatic rings. The van der Waals surface area contributed by atoms with E-state index in [2.05, 4.69) is 31.8 Å². The molecule has 2 rings (SSSR count). The first-order valence-electron chi connectivity index (χ1n) is 7.32. The lowest BCUT2D eigenvalue weighted by Crippen LogP contribution is -2.32. The molecule has 2 N–H and O–H groups in total. The lowest BCUT2D eigenvalue weighted by molar-refractivity contribution is -0.136. The van der Waals surface area contributed by atoms with Crippen molar-refractivity contribution >= 4 is 39.6 Å². The van der Waals surface area contributed by atoms with E-state index in [9.17, 15) is 14.0 Å². The molecule has 0 atom stereocenters. The Labute approximate surface area is 152 Å². The Morgan fingerprint density at radius 2 is 2.00 bits per heavy atom. The van der Waals surface area contributed by atoms with Gasteiger partial charge >= 0.3 is 11.8 Å². The summed E-state index contributed by atoms with van der Waals surface area (Å²) in [5, 5.41) is 5.90. The second-order valence-corrected chi connectivity index (χ2v) is 5.66. The summed E-state index contributed by atoms with van der Waals surface area (Å²) >= 11 is 3.33. The first-order valence-corrected chi connectivity index (χ1v) is 8.11. The van der Waals surface area contributed by atoms with E-state index in [1.54, 1.807) is 12.1 Å². The molecule has 0 heterocycles. The summed E-state index contributed by atoms with van der Waals surface area (Å²) < 4.78 is 19.7. The van der Waals surface area contributed by atoms with Gasteiger partial charge in [0.15, 0.2) is 0 Å². The molecule has 0 aliphatic carbocycles. The normalized spacial score (nSPS) is 10.5. The van der Waals surface area contributed by atoms with Crippen LogP contribution in [0.5, 0.6) is 5.75 Å². The third kappa shape index (κ3) is 5.39. The fourth-order valence-corrected chi connectivity index (χ4v) is 2.24. The van der Waals surface area contributed by atoms with Gasteiger partial charge in [-0.2, -0.15) is 5.10 Å². The molecular formula is C17H15BrFN3O3. The number of hydrogen-bond acceptors (Lipinski definition) is 4. The van der Waals surface area contributed by atoms with Gasteiger partial charge in [0.05, 0.1) is 18.5 Å². The maximum absolute atomic E-state index is 13.4. The maximum Gasteiger partial charge on any atom is 0.329 e. The number of nitrogens with one attached hydrogen (secondary N) is 2. The average molecular weight is 408 g/mol. The van der Waals surface area contributed by atoms with Gasteiger partial charge in [0, 0.05) is 10.0 Å². The summed E-state index contributed by atoms with van der Waals surface area (Å²) in [5.74, 6) is -2.10. The van der Waals surface area contributed by atoms with Crippen molar-refractivity contribution in [1.82, 2.24) is 5.43 Å². The van der Waals surface area contributed by atoms with Gasteiger partial charge in [-0.15, -0.1) is 0 Å². The topological polar surface area (TPSA) is 79.8 Å². The highest BCUT2D eigenvalue weighted by Crippen LogP contribution is 2.21. The zero-order valence-corrected chi connectivity index (χ0v) is 14.8. The van der Waals surface area contributed by atoms with E-state index in [-0.39, 0.29) is 5.69 Å². The number of anilines is 1. The van der Waals surface area contributed by atoms with Gasteiger partial charge in [-0.3, -0.25) is 9.59 Å². The van der Waals surface area contributed by atoms with Crippen molar-refractivity contribution in [2.24, 2.45) is 5.10 Å². The molecule has 2 aromatic carbocycles. The summed E-state index contributed by atoms with van der Waals surface area (Å²) in [6.45, 7) is 2.32. The minimum absolute atomic E-state index is 0.0859. The van der Waals surface area contributed by atoms with E-state index >= 15 is 0 Å². The zero-order chi connectivity index (χ0) is 18.2. The van der Waals surface area contributed by atoms with Crippen LogP contribution < -0.4 is 15.5 Å². The van der Waals surface area contributed by atoms with Gasteiger partial charge in [-0.1, -0.05) is 28.1 Å². The SMILES string of the molecule is CCOc1ccc(Br)cc1/C=N\NC(=O)C(=O)Nc1ccccc1F. The summed E-state index contributed by atoms with van der Waals surface area (Å²) in [5.41, 5.74) is 2.62.